The number of benzene rings is 1. The summed E-state index contributed by atoms with van der Waals surface area (Å²) in [6.45, 7) is 4.71. The van der Waals surface area contributed by atoms with Crippen LogP contribution < -0.4 is 11.2 Å². The molecule has 1 rings (SSSR count). The summed E-state index contributed by atoms with van der Waals surface area (Å²) >= 11 is 0. The minimum Gasteiger partial charge on any atom is -0.289 e. The molecule has 0 aliphatic rings. The maximum Gasteiger partial charge on any atom is 0.237 e. The maximum absolute atomic E-state index is 11.9. The van der Waals surface area contributed by atoms with Crippen LogP contribution in [-0.2, 0) is 4.79 Å². The molecule has 0 saturated carbocycles. The van der Waals surface area contributed by atoms with Crippen molar-refractivity contribution in [2.24, 2.45) is 5.84 Å². The predicted molar refractivity (Wildman–Crippen MR) is 91.8 cm³/mol. The van der Waals surface area contributed by atoms with Crippen LogP contribution in [0, 0.1) is 0 Å². The number of allylic oxidation sites excluding steroid dienone is 1. The molecule has 4 heteroatoms. The molecule has 0 aliphatic carbocycles. The van der Waals surface area contributed by atoms with Crippen LogP contribution in [0.25, 0.3) is 0 Å². The fourth-order valence-electron chi connectivity index (χ4n) is 2.23. The second-order valence-corrected chi connectivity index (χ2v) is 5.34. The first-order valence-electron chi connectivity index (χ1n) is 8.20. The van der Waals surface area contributed by atoms with Crippen LogP contribution in [0.15, 0.2) is 42.5 Å². The Morgan fingerprint density at radius 2 is 1.95 bits per heavy atom. The summed E-state index contributed by atoms with van der Waals surface area (Å²) < 4.78 is 0. The van der Waals surface area contributed by atoms with Gasteiger partial charge in [0, 0.05) is 13.0 Å². The van der Waals surface area contributed by atoms with E-state index < -0.39 is 0 Å². The summed E-state index contributed by atoms with van der Waals surface area (Å²) in [7, 11) is 0. The lowest BCUT2D eigenvalue weighted by Crippen LogP contribution is -2.46. The van der Waals surface area contributed by atoms with Crippen molar-refractivity contribution < 1.29 is 4.79 Å². The highest BCUT2D eigenvalue weighted by molar-refractivity contribution is 5.75. The highest BCUT2D eigenvalue weighted by atomic mass is 16.2. The molecule has 122 valence electrons. The van der Waals surface area contributed by atoms with Gasteiger partial charge in [-0.1, -0.05) is 69.2 Å². The van der Waals surface area contributed by atoms with Crippen LogP contribution in [0.4, 0.5) is 0 Å². The topological polar surface area (TPSA) is 58.4 Å². The highest BCUT2D eigenvalue weighted by Gasteiger charge is 2.20. The highest BCUT2D eigenvalue weighted by Crippen LogP contribution is 2.15. The van der Waals surface area contributed by atoms with Crippen molar-refractivity contribution >= 4 is 5.91 Å². The van der Waals surface area contributed by atoms with Gasteiger partial charge in [0.25, 0.3) is 0 Å². The van der Waals surface area contributed by atoms with Crippen LogP contribution in [0.2, 0.25) is 0 Å². The first kappa shape index (κ1) is 18.4. The molecular weight excluding hydrogens is 274 g/mol. The first-order valence-corrected chi connectivity index (χ1v) is 8.20. The Morgan fingerprint density at radius 1 is 1.23 bits per heavy atom. The quantitative estimate of drug-likeness (QED) is 0.174. The smallest absolute Gasteiger partial charge is 0.237 e. The summed E-state index contributed by atoms with van der Waals surface area (Å²) in [5, 5.41) is 4.63. The van der Waals surface area contributed by atoms with E-state index in [9.17, 15) is 4.79 Å². The summed E-state index contributed by atoms with van der Waals surface area (Å²) in [4.78, 5) is 11.9. The van der Waals surface area contributed by atoms with Gasteiger partial charge in [-0.3, -0.25) is 15.1 Å². The Morgan fingerprint density at radius 3 is 2.59 bits per heavy atom. The Balaban J connectivity index is 2.58. The number of nitrogens with two attached hydrogens (primary N) is 1. The first-order chi connectivity index (χ1) is 10.7. The molecule has 1 aromatic carbocycles. The molecule has 0 radical (unpaired) electrons. The molecule has 22 heavy (non-hydrogen) atoms. The normalized spacial score (nSPS) is 12.5. The van der Waals surface area contributed by atoms with Gasteiger partial charge >= 0.3 is 0 Å². The van der Waals surface area contributed by atoms with Crippen LogP contribution in [0.1, 0.15) is 57.7 Å². The molecule has 0 bridgehead atoms. The third kappa shape index (κ3) is 6.41. The fourth-order valence-corrected chi connectivity index (χ4v) is 2.23. The molecule has 0 aliphatic heterocycles. The number of carbonyl (C=O) groups excluding carboxylic acids is 1. The number of hydrazine groups is 1. The molecule has 3 N–H and O–H groups in total. The average molecular weight is 303 g/mol. The van der Waals surface area contributed by atoms with Gasteiger partial charge in [0.1, 0.15) is 6.17 Å². The molecule has 1 amide bonds. The van der Waals surface area contributed by atoms with E-state index in [1.165, 1.54) is 24.3 Å². The molecule has 1 unspecified atom stereocenters. The Kier molecular flexibility index (Phi) is 9.19. The lowest BCUT2D eigenvalue weighted by Gasteiger charge is -2.28. The monoisotopic (exact) mass is 303 g/mol. The third-order valence-electron chi connectivity index (χ3n) is 3.55. The van der Waals surface area contributed by atoms with Gasteiger partial charge < -0.3 is 0 Å². The van der Waals surface area contributed by atoms with E-state index in [1.54, 1.807) is 0 Å². The SMILES string of the molecule is CCCCCC=CCNC(c1ccccc1)N(N)C(=O)CC. The maximum atomic E-state index is 11.9. The zero-order valence-corrected chi connectivity index (χ0v) is 13.8. The zero-order valence-electron chi connectivity index (χ0n) is 13.8. The van der Waals surface area contributed by atoms with Gasteiger partial charge in [-0.05, 0) is 18.4 Å². The van der Waals surface area contributed by atoms with Gasteiger partial charge in [0.15, 0.2) is 0 Å². The standard InChI is InChI=1S/C18H29N3O/c1-3-5-6-7-8-12-15-20-18(21(19)17(22)4-2)16-13-10-9-11-14-16/h8-14,18,20H,3-7,15,19H2,1-2H3. The molecule has 0 heterocycles. The van der Waals surface area contributed by atoms with Gasteiger partial charge in [-0.15, -0.1) is 0 Å². The van der Waals surface area contributed by atoms with Crippen LogP contribution in [-0.4, -0.2) is 17.5 Å². The fraction of sp³-hybridized carbons (Fsp3) is 0.500. The minimum absolute atomic E-state index is 0.0757. The lowest BCUT2D eigenvalue weighted by molar-refractivity contribution is -0.134. The summed E-state index contributed by atoms with van der Waals surface area (Å²) in [6, 6.07) is 9.82. The number of amides is 1. The van der Waals surface area contributed by atoms with Crippen molar-refractivity contribution in [2.75, 3.05) is 6.54 Å². The molecule has 0 saturated heterocycles. The second kappa shape index (κ2) is 11.0. The van der Waals surface area contributed by atoms with Crippen LogP contribution in [0.5, 0.6) is 0 Å². The van der Waals surface area contributed by atoms with Gasteiger partial charge in [0.2, 0.25) is 5.91 Å². The van der Waals surface area contributed by atoms with Crippen molar-refractivity contribution in [2.45, 2.75) is 52.1 Å². The molecule has 0 aromatic heterocycles. The number of carbonyl (C=O) groups is 1. The molecule has 0 spiro atoms. The predicted octanol–water partition coefficient (Wildman–Crippen LogP) is 3.52. The van der Waals surface area contributed by atoms with Gasteiger partial charge in [-0.2, -0.15) is 0 Å². The second-order valence-electron chi connectivity index (χ2n) is 5.34. The molecule has 0 fully saturated rings. The summed E-state index contributed by atoms with van der Waals surface area (Å²) in [5.41, 5.74) is 0.992. The van der Waals surface area contributed by atoms with Crippen molar-refractivity contribution in [1.29, 1.82) is 0 Å². The van der Waals surface area contributed by atoms with E-state index in [0.29, 0.717) is 13.0 Å². The van der Waals surface area contributed by atoms with E-state index in [-0.39, 0.29) is 12.1 Å². The van der Waals surface area contributed by atoms with E-state index in [4.69, 9.17) is 5.84 Å². The molecular formula is C18H29N3O. The summed E-state index contributed by atoms with van der Waals surface area (Å²) in [5.74, 6) is 5.91. The largest absolute Gasteiger partial charge is 0.289 e. The van der Waals surface area contributed by atoms with Crippen LogP contribution in [0.3, 0.4) is 0 Å². The number of nitrogens with one attached hydrogen (secondary N) is 1. The van der Waals surface area contributed by atoms with E-state index in [2.05, 4.69) is 24.4 Å². The van der Waals surface area contributed by atoms with Crippen LogP contribution >= 0.6 is 0 Å². The number of unbranched alkanes of at least 4 members (excludes halogenated alkanes) is 3. The van der Waals surface area contributed by atoms with Crippen molar-refractivity contribution in [3.8, 4) is 0 Å². The van der Waals surface area contributed by atoms with Crippen molar-refractivity contribution in [1.82, 2.24) is 10.3 Å². The molecule has 1 aromatic rings. The number of hydrogen-bond donors (Lipinski definition) is 2. The van der Waals surface area contributed by atoms with Gasteiger partial charge in [0.05, 0.1) is 0 Å². The van der Waals surface area contributed by atoms with E-state index in [0.717, 1.165) is 12.0 Å². The zero-order chi connectivity index (χ0) is 16.2. The Labute approximate surface area is 134 Å². The molecule has 1 atom stereocenters. The lowest BCUT2D eigenvalue weighted by atomic mass is 10.1. The minimum atomic E-state index is -0.297. The third-order valence-corrected chi connectivity index (χ3v) is 3.55. The number of nitrogens with zero attached hydrogens (tertiary/aromatic N) is 1. The summed E-state index contributed by atoms with van der Waals surface area (Å²) in [6.07, 6.45) is 9.24. The van der Waals surface area contributed by atoms with Gasteiger partial charge in [-0.25, -0.2) is 5.84 Å². The molecule has 4 nitrogen and oxygen atoms in total. The van der Waals surface area contributed by atoms with Crippen molar-refractivity contribution in [3.05, 3.63) is 48.0 Å². The Hall–Kier alpha value is -1.65. The van der Waals surface area contributed by atoms with E-state index >= 15 is 0 Å². The Bertz CT molecular complexity index is 445. The van der Waals surface area contributed by atoms with E-state index in [1.807, 2.05) is 37.3 Å². The van der Waals surface area contributed by atoms with Crippen molar-refractivity contribution in [3.63, 3.8) is 0 Å². The number of hydrogen-bond acceptors (Lipinski definition) is 3. The number of rotatable bonds is 10. The average Bonchev–Trinajstić information content (AvgIpc) is 2.57.